The molecule has 0 radical (unpaired) electrons. The van der Waals surface area contributed by atoms with Crippen molar-refractivity contribution in [2.45, 2.75) is 45.1 Å². The van der Waals surface area contributed by atoms with Crippen molar-refractivity contribution in [3.8, 4) is 17.2 Å². The third kappa shape index (κ3) is 8.61. The second kappa shape index (κ2) is 13.8. The molecule has 37 heavy (non-hydrogen) atoms. The highest BCUT2D eigenvalue weighted by molar-refractivity contribution is 6.24. The largest absolute Gasteiger partial charge is 0.550 e. The number of aliphatic carboxylic acids is 1. The zero-order valence-corrected chi connectivity index (χ0v) is 21.8. The number of benzene rings is 2. The summed E-state index contributed by atoms with van der Waals surface area (Å²) in [4.78, 5) is 23.9. The number of hydrogen-bond acceptors (Lipinski definition) is 7. The fourth-order valence-electron chi connectivity index (χ4n) is 4.28. The molecule has 2 N–H and O–H groups in total. The third-order valence-electron chi connectivity index (χ3n) is 6.38. The first kappa shape index (κ1) is 28.2. The Balaban J connectivity index is 0.000000319. The van der Waals surface area contributed by atoms with Gasteiger partial charge >= 0.3 is 0 Å². The Morgan fingerprint density at radius 2 is 1.78 bits per heavy atom. The fraction of sp³-hybridized carbons (Fsp3) is 0.448. The molecule has 2 unspecified atom stereocenters. The normalized spacial score (nSPS) is 18.7. The molecule has 4 rings (SSSR count). The van der Waals surface area contributed by atoms with E-state index >= 15 is 0 Å². The van der Waals surface area contributed by atoms with Crippen LogP contribution in [0.15, 0.2) is 42.5 Å². The minimum Gasteiger partial charge on any atom is -0.550 e. The van der Waals surface area contributed by atoms with E-state index in [-0.39, 0.29) is 12.6 Å². The van der Waals surface area contributed by atoms with Gasteiger partial charge in [-0.3, -0.25) is 4.79 Å². The third-order valence-corrected chi connectivity index (χ3v) is 6.38. The summed E-state index contributed by atoms with van der Waals surface area (Å²) in [5, 5.41) is 19.4. The molecule has 2 aliphatic rings. The van der Waals surface area contributed by atoms with Gasteiger partial charge in [-0.2, -0.15) is 0 Å². The predicted molar refractivity (Wildman–Crippen MR) is 138 cm³/mol. The van der Waals surface area contributed by atoms with Crippen LogP contribution in [0.4, 0.5) is 0 Å². The van der Waals surface area contributed by atoms with E-state index in [1.807, 2.05) is 48.5 Å². The molecule has 0 saturated heterocycles. The van der Waals surface area contributed by atoms with Crippen LogP contribution < -0.4 is 24.2 Å². The molecule has 8 nitrogen and oxygen atoms in total. The van der Waals surface area contributed by atoms with E-state index in [0.717, 1.165) is 42.7 Å². The Morgan fingerprint density at radius 1 is 1.08 bits per heavy atom. The van der Waals surface area contributed by atoms with Gasteiger partial charge in [-0.1, -0.05) is 31.0 Å². The molecular weight excluding hydrogens is 474 g/mol. The van der Waals surface area contributed by atoms with Crippen LogP contribution in [0.1, 0.15) is 50.2 Å². The summed E-state index contributed by atoms with van der Waals surface area (Å²) in [7, 11) is 4.27. The number of Topliss-reactive ketones (excluding diaryl/α,β-unsaturated/α-hetero) is 1. The van der Waals surface area contributed by atoms with Gasteiger partial charge in [0.05, 0.1) is 33.4 Å². The highest BCUT2D eigenvalue weighted by Crippen LogP contribution is 2.35. The number of carbonyl (C=O) groups is 2. The van der Waals surface area contributed by atoms with Crippen LogP contribution in [0.5, 0.6) is 17.2 Å². The molecule has 1 saturated carbocycles. The van der Waals surface area contributed by atoms with Gasteiger partial charge in [0.1, 0.15) is 5.75 Å². The standard InChI is InChI=1S/C22H25NO4.C7H12O3/c1-16(24)20(18-7-10-21-22(14-18)27-15-26-21)13-17-5-8-19(9-6-17)25-12-4-11-23(2)3;8-6-4-2-1-3-5(6)7(9)10/h5-10,13-14H,4,11-12,15H2,1-3H3;5-6,8H,1-4H2,(H,9,10)/b20-13-;. The van der Waals surface area contributed by atoms with E-state index in [0.29, 0.717) is 36.5 Å². The molecule has 2 aromatic carbocycles. The van der Waals surface area contributed by atoms with Gasteiger partial charge in [0.2, 0.25) is 6.79 Å². The number of aliphatic hydroxyl groups excluding tert-OH is 1. The molecule has 1 heterocycles. The summed E-state index contributed by atoms with van der Waals surface area (Å²) >= 11 is 0. The van der Waals surface area contributed by atoms with Crippen molar-refractivity contribution in [1.82, 2.24) is 0 Å². The molecule has 8 heteroatoms. The summed E-state index contributed by atoms with van der Waals surface area (Å²) < 4.78 is 16.5. The lowest BCUT2D eigenvalue weighted by molar-refractivity contribution is -0.858. The van der Waals surface area contributed by atoms with Crippen molar-refractivity contribution < 1.29 is 38.9 Å². The quantitative estimate of drug-likeness (QED) is 0.300. The number of ketones is 1. The van der Waals surface area contributed by atoms with Gasteiger partial charge in [0.15, 0.2) is 17.3 Å². The van der Waals surface area contributed by atoms with Crippen LogP contribution in [0.2, 0.25) is 0 Å². The first-order valence-electron chi connectivity index (χ1n) is 12.8. The van der Waals surface area contributed by atoms with E-state index in [1.54, 1.807) is 6.92 Å². The number of allylic oxidation sites excluding steroid dienone is 1. The lowest BCUT2D eigenvalue weighted by Gasteiger charge is -2.27. The first-order chi connectivity index (χ1) is 17.7. The molecule has 0 spiro atoms. The number of ether oxygens (including phenoxy) is 3. The van der Waals surface area contributed by atoms with Gasteiger partial charge in [0, 0.05) is 23.9 Å². The second-order valence-corrected chi connectivity index (χ2v) is 9.69. The zero-order valence-electron chi connectivity index (χ0n) is 21.8. The summed E-state index contributed by atoms with van der Waals surface area (Å²) in [6.07, 6.45) is 5.25. The van der Waals surface area contributed by atoms with E-state index in [1.165, 1.54) is 4.90 Å². The van der Waals surface area contributed by atoms with Gasteiger partial charge in [-0.15, -0.1) is 0 Å². The number of nitrogens with one attached hydrogen (secondary N) is 1. The summed E-state index contributed by atoms with van der Waals surface area (Å²) in [5.41, 5.74) is 2.40. The molecule has 2 aromatic rings. The van der Waals surface area contributed by atoms with Crippen molar-refractivity contribution in [1.29, 1.82) is 0 Å². The fourth-order valence-corrected chi connectivity index (χ4v) is 4.28. The van der Waals surface area contributed by atoms with Crippen molar-refractivity contribution in [3.63, 3.8) is 0 Å². The molecule has 0 amide bonds. The van der Waals surface area contributed by atoms with E-state index < -0.39 is 18.0 Å². The molecule has 1 fully saturated rings. The Labute approximate surface area is 218 Å². The number of quaternary nitrogens is 1. The maximum atomic E-state index is 12.2. The maximum Gasteiger partial charge on any atom is 0.231 e. The molecular formula is C29H37NO7. The van der Waals surface area contributed by atoms with Gasteiger partial charge in [-0.25, -0.2) is 0 Å². The van der Waals surface area contributed by atoms with E-state index in [9.17, 15) is 14.7 Å². The highest BCUT2D eigenvalue weighted by atomic mass is 16.7. The highest BCUT2D eigenvalue weighted by Gasteiger charge is 2.23. The minimum atomic E-state index is -1.10. The van der Waals surface area contributed by atoms with Gasteiger partial charge in [0.25, 0.3) is 0 Å². The minimum absolute atomic E-state index is 0.000349. The van der Waals surface area contributed by atoms with E-state index in [2.05, 4.69) is 14.1 Å². The number of hydrogen-bond donors (Lipinski definition) is 2. The first-order valence-corrected chi connectivity index (χ1v) is 12.8. The monoisotopic (exact) mass is 511 g/mol. The van der Waals surface area contributed by atoms with Crippen molar-refractivity contribution in [2.75, 3.05) is 34.0 Å². The van der Waals surface area contributed by atoms with Crippen LogP contribution in [0, 0.1) is 5.92 Å². The average molecular weight is 512 g/mol. The molecule has 1 aliphatic carbocycles. The Bertz CT molecular complexity index is 1080. The van der Waals surface area contributed by atoms with Gasteiger partial charge < -0.3 is 34.1 Å². The van der Waals surface area contributed by atoms with Crippen molar-refractivity contribution in [2.24, 2.45) is 5.92 Å². The predicted octanol–water partition coefficient (Wildman–Crippen LogP) is 1.75. The SMILES string of the molecule is CC(=O)/C(=C/c1ccc(OCCC[NH+](C)C)cc1)c1ccc2c(c1)OCO2.O=C([O-])C1CCCCC1O. The van der Waals surface area contributed by atoms with Crippen LogP contribution in [-0.4, -0.2) is 57.0 Å². The maximum absolute atomic E-state index is 12.2. The zero-order chi connectivity index (χ0) is 26.8. The van der Waals surface area contributed by atoms with E-state index in [4.69, 9.17) is 19.3 Å². The Morgan fingerprint density at radius 3 is 2.41 bits per heavy atom. The number of fused-ring (bicyclic) bond motifs is 1. The molecule has 0 bridgehead atoms. The number of carbonyl (C=O) groups excluding carboxylic acids is 2. The lowest BCUT2D eigenvalue weighted by Crippen LogP contribution is -3.05. The van der Waals surface area contributed by atoms with Crippen LogP contribution in [-0.2, 0) is 9.59 Å². The number of carboxylic acids is 1. The summed E-state index contributed by atoms with van der Waals surface area (Å²) in [5.74, 6) is 0.497. The number of rotatable bonds is 9. The van der Waals surface area contributed by atoms with Crippen molar-refractivity contribution in [3.05, 3.63) is 53.6 Å². The van der Waals surface area contributed by atoms with Crippen LogP contribution in [0.25, 0.3) is 11.6 Å². The molecule has 200 valence electrons. The number of aliphatic hydroxyl groups is 1. The summed E-state index contributed by atoms with van der Waals surface area (Å²) in [6, 6.07) is 13.4. The number of carboxylic acid groups (broad SMARTS) is 1. The lowest BCUT2D eigenvalue weighted by atomic mass is 9.87. The second-order valence-electron chi connectivity index (χ2n) is 9.69. The van der Waals surface area contributed by atoms with Crippen LogP contribution in [0.3, 0.4) is 0 Å². The topological polar surface area (TPSA) is 110 Å². The molecule has 0 aromatic heterocycles. The smallest absolute Gasteiger partial charge is 0.231 e. The Kier molecular flexibility index (Phi) is 10.5. The molecule has 1 aliphatic heterocycles. The van der Waals surface area contributed by atoms with Crippen molar-refractivity contribution >= 4 is 23.4 Å². The average Bonchev–Trinajstić information content (AvgIpc) is 3.34. The van der Waals surface area contributed by atoms with Gasteiger partial charge in [-0.05, 0) is 61.2 Å². The van der Waals surface area contributed by atoms with Crippen LogP contribution >= 0.6 is 0 Å². The molecule has 2 atom stereocenters. The summed E-state index contributed by atoms with van der Waals surface area (Å²) in [6.45, 7) is 3.57. The Hall–Kier alpha value is -3.36.